The van der Waals surface area contributed by atoms with Gasteiger partial charge < -0.3 is 15.0 Å². The normalized spacial score (nSPS) is 28.6. The minimum atomic E-state index is -4.76. The Balaban J connectivity index is 2.04. The lowest BCUT2D eigenvalue weighted by molar-refractivity contribution is -0.272. The fourth-order valence-electron chi connectivity index (χ4n) is 3.45. The number of halogens is 3. The Morgan fingerprint density at radius 2 is 2.04 bits per heavy atom. The Labute approximate surface area is 135 Å². The molecule has 0 aliphatic heterocycles. The van der Waals surface area contributed by atoms with Gasteiger partial charge in [0.2, 0.25) is 5.60 Å². The molecule has 0 bridgehead atoms. The van der Waals surface area contributed by atoms with Crippen LogP contribution in [-0.2, 0) is 12.6 Å². The maximum Gasteiger partial charge on any atom is 0.424 e. The van der Waals surface area contributed by atoms with Gasteiger partial charge in [0.05, 0.1) is 0 Å². The number of nitrogens with one attached hydrogen (secondary N) is 1. The lowest BCUT2D eigenvalue weighted by Gasteiger charge is -2.36. The van der Waals surface area contributed by atoms with Gasteiger partial charge in [-0.05, 0) is 24.8 Å². The monoisotopic (exact) mass is 333 g/mol. The van der Waals surface area contributed by atoms with E-state index in [1.165, 1.54) is 30.4 Å². The fourth-order valence-corrected chi connectivity index (χ4v) is 3.45. The molecule has 23 heavy (non-hydrogen) atoms. The zero-order valence-corrected chi connectivity index (χ0v) is 13.9. The summed E-state index contributed by atoms with van der Waals surface area (Å²) in [5.41, 5.74) is -2.93. The van der Waals surface area contributed by atoms with Crippen LogP contribution >= 0.6 is 0 Å². The van der Waals surface area contributed by atoms with E-state index >= 15 is 0 Å². The molecule has 132 valence electrons. The van der Waals surface area contributed by atoms with Crippen molar-refractivity contribution in [3.05, 3.63) is 18.2 Å². The fraction of sp³-hybridized carbons (Fsp3) is 0.812. The molecule has 1 fully saturated rings. The minimum absolute atomic E-state index is 0.102. The average molecular weight is 333 g/mol. The van der Waals surface area contributed by atoms with Gasteiger partial charge in [-0.25, -0.2) is 4.98 Å². The zero-order chi connectivity index (χ0) is 17.3. The summed E-state index contributed by atoms with van der Waals surface area (Å²) in [5, 5.41) is 13.5. The van der Waals surface area contributed by atoms with Crippen LogP contribution in [-0.4, -0.2) is 33.4 Å². The first kappa shape index (κ1) is 18.3. The van der Waals surface area contributed by atoms with Gasteiger partial charge in [0, 0.05) is 31.9 Å². The van der Waals surface area contributed by atoms with E-state index in [4.69, 9.17) is 0 Å². The van der Waals surface area contributed by atoms with E-state index in [0.717, 1.165) is 12.8 Å². The van der Waals surface area contributed by atoms with Crippen molar-refractivity contribution in [3.63, 3.8) is 0 Å². The third-order valence-corrected chi connectivity index (χ3v) is 5.26. The van der Waals surface area contributed by atoms with Crippen molar-refractivity contribution in [1.82, 2.24) is 14.9 Å². The van der Waals surface area contributed by atoms with Gasteiger partial charge in [-0.15, -0.1) is 0 Å². The minimum Gasteiger partial charge on any atom is -0.374 e. The zero-order valence-electron chi connectivity index (χ0n) is 13.9. The topological polar surface area (TPSA) is 50.1 Å². The smallest absolute Gasteiger partial charge is 0.374 e. The molecule has 0 amide bonds. The summed E-state index contributed by atoms with van der Waals surface area (Å²) in [6.45, 7) is 4.42. The average Bonchev–Trinajstić information content (AvgIpc) is 2.88. The van der Waals surface area contributed by atoms with Crippen LogP contribution in [0.5, 0.6) is 0 Å². The molecule has 0 unspecified atom stereocenters. The van der Waals surface area contributed by atoms with Crippen LogP contribution < -0.4 is 5.32 Å². The molecule has 0 radical (unpaired) electrons. The lowest BCUT2D eigenvalue weighted by atomic mass is 9.78. The Morgan fingerprint density at radius 3 is 2.61 bits per heavy atom. The summed E-state index contributed by atoms with van der Waals surface area (Å²) in [5.74, 6) is 0.630. The summed E-state index contributed by atoms with van der Waals surface area (Å²) < 4.78 is 41.5. The van der Waals surface area contributed by atoms with Crippen LogP contribution in [0.4, 0.5) is 13.2 Å². The molecule has 0 spiro atoms. The van der Waals surface area contributed by atoms with Crippen molar-refractivity contribution in [2.45, 2.75) is 57.3 Å². The van der Waals surface area contributed by atoms with Crippen molar-refractivity contribution in [1.29, 1.82) is 0 Å². The van der Waals surface area contributed by atoms with E-state index in [1.807, 2.05) is 0 Å². The maximum absolute atomic E-state index is 13.4. The quantitative estimate of drug-likeness (QED) is 0.871. The van der Waals surface area contributed by atoms with Crippen LogP contribution in [0.3, 0.4) is 0 Å². The van der Waals surface area contributed by atoms with Crippen LogP contribution in [0, 0.1) is 11.8 Å². The van der Waals surface area contributed by atoms with Crippen LogP contribution in [0.25, 0.3) is 0 Å². The highest BCUT2D eigenvalue weighted by atomic mass is 19.4. The van der Waals surface area contributed by atoms with E-state index in [0.29, 0.717) is 11.8 Å². The highest BCUT2D eigenvalue weighted by Gasteiger charge is 2.57. The molecule has 2 rings (SSSR count). The highest BCUT2D eigenvalue weighted by molar-refractivity contribution is 5.08. The number of hydrogen-bond acceptors (Lipinski definition) is 3. The largest absolute Gasteiger partial charge is 0.424 e. The number of hydrogen-bond donors (Lipinski definition) is 2. The van der Waals surface area contributed by atoms with Gasteiger partial charge in [0.25, 0.3) is 0 Å². The number of imidazole rings is 1. The lowest BCUT2D eigenvalue weighted by Crippen LogP contribution is -2.48. The van der Waals surface area contributed by atoms with E-state index in [-0.39, 0.29) is 18.4 Å². The van der Waals surface area contributed by atoms with Gasteiger partial charge >= 0.3 is 6.18 Å². The molecule has 1 aliphatic carbocycles. The molecule has 1 aliphatic rings. The number of aryl methyl sites for hydroxylation is 1. The molecule has 0 saturated heterocycles. The SMILES string of the molecule is C[C@@H]1[C@H](C)CCC[C@@H]1NCC[C@](O)(c1nccn1C)C(F)(F)F. The first-order valence-electron chi connectivity index (χ1n) is 8.17. The Kier molecular flexibility index (Phi) is 5.41. The molecule has 7 heteroatoms. The van der Waals surface area contributed by atoms with Gasteiger partial charge in [-0.2, -0.15) is 13.2 Å². The highest BCUT2D eigenvalue weighted by Crippen LogP contribution is 2.40. The number of rotatable bonds is 5. The number of alkyl halides is 3. The molecule has 1 aromatic heterocycles. The molecule has 2 N–H and O–H groups in total. The Morgan fingerprint density at radius 1 is 1.35 bits per heavy atom. The number of nitrogens with zero attached hydrogens (tertiary/aromatic N) is 2. The maximum atomic E-state index is 13.4. The van der Waals surface area contributed by atoms with Crippen LogP contribution in [0.2, 0.25) is 0 Å². The standard InChI is InChI=1S/C16H26F3N3O/c1-11-5-4-6-13(12(11)2)20-8-7-15(23,16(17,18)19)14-21-9-10-22(14)3/h9-13,20,23H,4-8H2,1-3H3/t11-,12-,13+,15+/m1/s1. The van der Waals surface area contributed by atoms with Gasteiger partial charge in [0.15, 0.2) is 0 Å². The van der Waals surface area contributed by atoms with Crippen molar-refractivity contribution in [3.8, 4) is 0 Å². The summed E-state index contributed by atoms with van der Waals surface area (Å²) in [4.78, 5) is 3.71. The molecule has 0 aromatic carbocycles. The summed E-state index contributed by atoms with van der Waals surface area (Å²) in [7, 11) is 1.46. The number of aliphatic hydroxyl groups is 1. The van der Waals surface area contributed by atoms with E-state index in [9.17, 15) is 18.3 Å². The van der Waals surface area contributed by atoms with E-state index < -0.39 is 18.2 Å². The molecule has 1 aromatic rings. The predicted octanol–water partition coefficient (Wildman–Crippen LogP) is 2.97. The predicted molar refractivity (Wildman–Crippen MR) is 81.7 cm³/mol. The molecular formula is C16H26F3N3O. The van der Waals surface area contributed by atoms with Crippen molar-refractivity contribution >= 4 is 0 Å². The summed E-state index contributed by atoms with van der Waals surface area (Å²) in [6, 6.07) is 0.206. The first-order valence-corrected chi connectivity index (χ1v) is 8.17. The van der Waals surface area contributed by atoms with Crippen molar-refractivity contribution in [2.75, 3.05) is 6.54 Å². The molecule has 4 nitrogen and oxygen atoms in total. The molecule has 1 saturated carbocycles. The number of aromatic nitrogens is 2. The second-order valence-corrected chi connectivity index (χ2v) is 6.80. The molecule has 4 atom stereocenters. The molecule has 1 heterocycles. The van der Waals surface area contributed by atoms with Crippen molar-refractivity contribution in [2.24, 2.45) is 18.9 Å². The second-order valence-electron chi connectivity index (χ2n) is 6.80. The molecular weight excluding hydrogens is 307 g/mol. The second kappa shape index (κ2) is 6.81. The van der Waals surface area contributed by atoms with Crippen molar-refractivity contribution < 1.29 is 18.3 Å². The first-order chi connectivity index (χ1) is 10.7. The third kappa shape index (κ3) is 3.71. The van der Waals surface area contributed by atoms with Crippen LogP contribution in [0.15, 0.2) is 12.4 Å². The summed E-state index contributed by atoms with van der Waals surface area (Å²) >= 11 is 0. The third-order valence-electron chi connectivity index (χ3n) is 5.26. The van der Waals surface area contributed by atoms with E-state index in [2.05, 4.69) is 24.1 Å². The summed E-state index contributed by atoms with van der Waals surface area (Å²) in [6.07, 6.45) is 0.691. The Bertz CT molecular complexity index is 517. The van der Waals surface area contributed by atoms with Gasteiger partial charge in [-0.3, -0.25) is 0 Å². The van der Waals surface area contributed by atoms with E-state index in [1.54, 1.807) is 0 Å². The Hall–Kier alpha value is -1.08. The van der Waals surface area contributed by atoms with Gasteiger partial charge in [-0.1, -0.05) is 26.7 Å². The van der Waals surface area contributed by atoms with Gasteiger partial charge in [0.1, 0.15) is 5.82 Å². The van der Waals surface area contributed by atoms with Crippen LogP contribution in [0.1, 0.15) is 45.4 Å².